The molecule has 0 bridgehead atoms. The Morgan fingerprint density at radius 3 is 1.20 bits per heavy atom. The summed E-state index contributed by atoms with van der Waals surface area (Å²) >= 11 is 0. The molecule has 0 heterocycles. The van der Waals surface area contributed by atoms with Crippen molar-refractivity contribution in [1.82, 2.24) is 10.9 Å². The van der Waals surface area contributed by atoms with E-state index in [0.29, 0.717) is 12.4 Å². The van der Waals surface area contributed by atoms with Crippen LogP contribution in [0.2, 0.25) is 0 Å². The van der Waals surface area contributed by atoms with Crippen molar-refractivity contribution >= 4 is 24.2 Å². The number of hydrazone groups is 2. The Balaban J connectivity index is 4.53. The SMILES string of the molecule is O=C(N/N=C\[C@H](O)[C@H](O)[C@H](O)[C@H](O)CO)C(=O)N/N=C/[C@@H](O)[C@@H](O)[C@@H](O)[C@@H](O)CO. The molecule has 16 heteroatoms. The Morgan fingerprint density at radius 2 is 0.933 bits per heavy atom. The highest BCUT2D eigenvalue weighted by Crippen LogP contribution is 2.04. The molecule has 0 rings (SSSR count). The quantitative estimate of drug-likeness (QED) is 0.0762. The molecule has 0 aliphatic rings. The van der Waals surface area contributed by atoms with Crippen LogP contribution in [0.4, 0.5) is 0 Å². The largest absolute Gasteiger partial charge is 0.394 e. The average molecular weight is 442 g/mol. The molecule has 0 unspecified atom stereocenters. The molecule has 0 saturated carbocycles. The van der Waals surface area contributed by atoms with Gasteiger partial charge in [-0.05, 0) is 0 Å². The Kier molecular flexibility index (Phi) is 13.0. The molecule has 0 aliphatic carbocycles. The molecule has 16 nitrogen and oxygen atoms in total. The molecule has 0 saturated heterocycles. The molecule has 0 spiro atoms. The van der Waals surface area contributed by atoms with Crippen molar-refractivity contribution in [3.63, 3.8) is 0 Å². The van der Waals surface area contributed by atoms with Crippen molar-refractivity contribution in [3.05, 3.63) is 0 Å². The van der Waals surface area contributed by atoms with Crippen molar-refractivity contribution in [1.29, 1.82) is 0 Å². The molecule has 12 N–H and O–H groups in total. The first-order valence-electron chi connectivity index (χ1n) is 8.30. The molecule has 0 fully saturated rings. The molecule has 0 aromatic carbocycles. The van der Waals surface area contributed by atoms with E-state index < -0.39 is 73.9 Å². The van der Waals surface area contributed by atoms with Crippen molar-refractivity contribution in [2.24, 2.45) is 10.2 Å². The third kappa shape index (κ3) is 9.13. The summed E-state index contributed by atoms with van der Waals surface area (Å²) in [5.74, 6) is -2.85. The predicted molar refractivity (Wildman–Crippen MR) is 95.5 cm³/mol. The number of hydrogen-bond donors (Lipinski definition) is 12. The van der Waals surface area contributed by atoms with E-state index in [2.05, 4.69) is 10.2 Å². The van der Waals surface area contributed by atoms with Crippen LogP contribution < -0.4 is 10.9 Å². The summed E-state index contributed by atoms with van der Waals surface area (Å²) in [6.45, 7) is -1.79. The summed E-state index contributed by atoms with van der Waals surface area (Å²) in [5, 5.41) is 98.6. The summed E-state index contributed by atoms with van der Waals surface area (Å²) < 4.78 is 0. The normalized spacial score (nSPS) is 20.2. The topological polar surface area (TPSA) is 285 Å². The van der Waals surface area contributed by atoms with Crippen molar-refractivity contribution in [2.45, 2.75) is 48.8 Å². The van der Waals surface area contributed by atoms with E-state index in [9.17, 15) is 40.2 Å². The van der Waals surface area contributed by atoms with Gasteiger partial charge < -0.3 is 51.1 Å². The number of carbonyl (C=O) groups is 2. The predicted octanol–water partition coefficient (Wildman–Crippen LogP) is -7.94. The van der Waals surface area contributed by atoms with Gasteiger partial charge in [-0.25, -0.2) is 10.9 Å². The third-order valence-electron chi connectivity index (χ3n) is 3.56. The smallest absolute Gasteiger partial charge is 0.331 e. The average Bonchev–Trinajstić information content (AvgIpc) is 2.74. The van der Waals surface area contributed by atoms with E-state index in [4.69, 9.17) is 20.4 Å². The zero-order chi connectivity index (χ0) is 23.4. The van der Waals surface area contributed by atoms with Crippen molar-refractivity contribution in [2.75, 3.05) is 13.2 Å². The molecule has 0 radical (unpaired) electrons. The van der Waals surface area contributed by atoms with E-state index >= 15 is 0 Å². The van der Waals surface area contributed by atoms with Gasteiger partial charge in [0.25, 0.3) is 0 Å². The van der Waals surface area contributed by atoms with Gasteiger partial charge in [0.15, 0.2) is 0 Å². The van der Waals surface area contributed by atoms with Crippen LogP contribution in [-0.4, -0.2) is 137 Å². The molecule has 8 atom stereocenters. The highest BCUT2D eigenvalue weighted by molar-refractivity contribution is 6.35. The second-order valence-electron chi connectivity index (χ2n) is 5.88. The van der Waals surface area contributed by atoms with Crippen LogP contribution >= 0.6 is 0 Å². The van der Waals surface area contributed by atoms with Gasteiger partial charge in [0.1, 0.15) is 48.8 Å². The van der Waals surface area contributed by atoms with Gasteiger partial charge in [0.05, 0.1) is 25.6 Å². The number of amides is 2. The molecule has 30 heavy (non-hydrogen) atoms. The lowest BCUT2D eigenvalue weighted by atomic mass is 10.0. The maximum Gasteiger partial charge on any atom is 0.331 e. The van der Waals surface area contributed by atoms with Crippen LogP contribution in [0.5, 0.6) is 0 Å². The Labute approximate surface area is 169 Å². The first-order chi connectivity index (χ1) is 14.0. The lowest BCUT2D eigenvalue weighted by molar-refractivity contribution is -0.139. The lowest BCUT2D eigenvalue weighted by Gasteiger charge is -2.23. The minimum absolute atomic E-state index is 0.514. The first kappa shape index (κ1) is 27.9. The van der Waals surface area contributed by atoms with Crippen molar-refractivity contribution < 1.29 is 60.7 Å². The van der Waals surface area contributed by atoms with Crippen LogP contribution in [0.25, 0.3) is 0 Å². The first-order valence-corrected chi connectivity index (χ1v) is 8.30. The summed E-state index contributed by atoms with van der Waals surface area (Å²) in [6.07, 6.45) is -14.0. The molecule has 174 valence electrons. The second kappa shape index (κ2) is 14.0. The molecule has 0 aromatic rings. The minimum Gasteiger partial charge on any atom is -0.394 e. The van der Waals surface area contributed by atoms with Gasteiger partial charge >= 0.3 is 11.8 Å². The lowest BCUT2D eigenvalue weighted by Crippen LogP contribution is -2.47. The van der Waals surface area contributed by atoms with Crippen molar-refractivity contribution in [3.8, 4) is 0 Å². The fraction of sp³-hybridized carbons (Fsp3) is 0.714. The van der Waals surface area contributed by atoms with Crippen LogP contribution in [0.1, 0.15) is 0 Å². The zero-order valence-electron chi connectivity index (χ0n) is 15.4. The van der Waals surface area contributed by atoms with Crippen LogP contribution in [-0.2, 0) is 9.59 Å². The Hall–Kier alpha value is -2.12. The van der Waals surface area contributed by atoms with E-state index in [-0.39, 0.29) is 0 Å². The number of nitrogens with one attached hydrogen (secondary N) is 2. The molecular formula is C14H26N4O12. The molecule has 0 aliphatic heterocycles. The maximum atomic E-state index is 11.4. The second-order valence-corrected chi connectivity index (χ2v) is 5.88. The molecule has 2 amide bonds. The van der Waals surface area contributed by atoms with Gasteiger partial charge in [-0.3, -0.25) is 9.59 Å². The zero-order valence-corrected chi connectivity index (χ0v) is 15.4. The van der Waals surface area contributed by atoms with E-state index in [1.54, 1.807) is 10.9 Å². The Morgan fingerprint density at radius 1 is 0.633 bits per heavy atom. The van der Waals surface area contributed by atoms with Crippen LogP contribution in [0.3, 0.4) is 0 Å². The number of aliphatic hydroxyl groups is 10. The highest BCUT2D eigenvalue weighted by atomic mass is 16.4. The highest BCUT2D eigenvalue weighted by Gasteiger charge is 2.30. The number of rotatable bonds is 12. The van der Waals surface area contributed by atoms with E-state index in [1.165, 1.54) is 0 Å². The summed E-state index contributed by atoms with van der Waals surface area (Å²) in [6, 6.07) is 0. The van der Waals surface area contributed by atoms with E-state index in [0.717, 1.165) is 0 Å². The molecule has 0 aromatic heterocycles. The van der Waals surface area contributed by atoms with Gasteiger partial charge in [-0.1, -0.05) is 0 Å². The number of aliphatic hydroxyl groups excluding tert-OH is 10. The summed E-state index contributed by atoms with van der Waals surface area (Å²) in [7, 11) is 0. The molecular weight excluding hydrogens is 416 g/mol. The van der Waals surface area contributed by atoms with Gasteiger partial charge in [0.2, 0.25) is 0 Å². The number of nitrogens with zero attached hydrogens (tertiary/aromatic N) is 2. The van der Waals surface area contributed by atoms with E-state index in [1.807, 2.05) is 0 Å². The standard InChI is InChI=1S/C14H26N4O12/c19-3-7(23)11(27)9(25)5(21)1-15-17-13(29)14(30)18-16-2-6(22)10(26)12(28)8(24)4-20/h1-2,5-12,19-28H,3-4H2,(H,17,29)(H,18,30)/b15-1-,16-2+/t5-,6+,7+,8-,9-,10+,11+,12-/m0/s1. The number of hydrogen-bond acceptors (Lipinski definition) is 14. The Bertz CT molecular complexity index is 541. The maximum absolute atomic E-state index is 11.4. The minimum atomic E-state index is -1.97. The van der Waals surface area contributed by atoms with Crippen LogP contribution in [0.15, 0.2) is 10.2 Å². The summed E-state index contributed by atoms with van der Waals surface area (Å²) in [4.78, 5) is 22.9. The van der Waals surface area contributed by atoms with Gasteiger partial charge in [-0.2, -0.15) is 10.2 Å². The van der Waals surface area contributed by atoms with Gasteiger partial charge in [0, 0.05) is 0 Å². The van der Waals surface area contributed by atoms with Gasteiger partial charge in [-0.15, -0.1) is 0 Å². The number of carbonyl (C=O) groups excluding carboxylic acids is 2. The fourth-order valence-electron chi connectivity index (χ4n) is 1.70. The fourth-order valence-corrected chi connectivity index (χ4v) is 1.70. The van der Waals surface area contributed by atoms with Crippen LogP contribution in [0, 0.1) is 0 Å². The summed E-state index contributed by atoms with van der Waals surface area (Å²) in [5.41, 5.74) is 3.24. The third-order valence-corrected chi connectivity index (χ3v) is 3.56. The monoisotopic (exact) mass is 442 g/mol.